The van der Waals surface area contributed by atoms with Crippen molar-refractivity contribution in [1.29, 1.82) is 0 Å². The number of primary amides is 1. The van der Waals surface area contributed by atoms with Crippen molar-refractivity contribution in [2.75, 3.05) is 18.0 Å². The number of benzene rings is 1. The maximum atomic E-state index is 11.2. The van der Waals surface area contributed by atoms with E-state index in [4.69, 9.17) is 5.73 Å². The number of anilines is 1. The molecule has 0 bridgehead atoms. The zero-order valence-corrected chi connectivity index (χ0v) is 13.8. The molecule has 1 aromatic carbocycles. The van der Waals surface area contributed by atoms with Crippen molar-refractivity contribution in [1.82, 2.24) is 5.32 Å². The summed E-state index contributed by atoms with van der Waals surface area (Å²) in [5, 5.41) is 3.47. The maximum absolute atomic E-state index is 11.2. The molecule has 0 aliphatic carbocycles. The highest BCUT2D eigenvalue weighted by molar-refractivity contribution is 5.79. The molecule has 21 heavy (non-hydrogen) atoms. The van der Waals surface area contributed by atoms with Crippen molar-refractivity contribution in [2.24, 2.45) is 5.73 Å². The van der Waals surface area contributed by atoms with Gasteiger partial charge in [-0.1, -0.05) is 25.5 Å². The number of carbonyl (C=O) groups excluding carboxylic acids is 1. The lowest BCUT2D eigenvalue weighted by molar-refractivity contribution is -0.116. The van der Waals surface area contributed by atoms with Gasteiger partial charge in [0.05, 0.1) is 6.54 Å². The Bertz CT molecular complexity index is 434. The molecule has 1 amide bonds. The largest absolute Gasteiger partial charge is 0.368 e. The van der Waals surface area contributed by atoms with E-state index in [1.807, 2.05) is 4.90 Å². The van der Waals surface area contributed by atoms with E-state index in [9.17, 15) is 4.79 Å². The van der Waals surface area contributed by atoms with Gasteiger partial charge in [0.1, 0.15) is 0 Å². The summed E-state index contributed by atoms with van der Waals surface area (Å²) in [4.78, 5) is 13.2. The monoisotopic (exact) mass is 291 g/mol. The van der Waals surface area contributed by atoms with Gasteiger partial charge in [-0.2, -0.15) is 0 Å². The van der Waals surface area contributed by atoms with Crippen LogP contribution in [0.1, 0.15) is 46.1 Å². The number of nitrogens with two attached hydrogens (primary N) is 1. The van der Waals surface area contributed by atoms with Crippen LogP contribution < -0.4 is 16.0 Å². The molecule has 0 unspecified atom stereocenters. The van der Waals surface area contributed by atoms with E-state index in [0.29, 0.717) is 0 Å². The van der Waals surface area contributed by atoms with Crippen LogP contribution in [0, 0.1) is 0 Å². The second-order valence-corrected chi connectivity index (χ2v) is 6.51. The predicted octanol–water partition coefficient (Wildman–Crippen LogP) is 2.67. The molecule has 1 aromatic rings. The first-order valence-electron chi connectivity index (χ1n) is 7.69. The van der Waals surface area contributed by atoms with Crippen LogP contribution in [-0.4, -0.2) is 24.5 Å². The average Bonchev–Trinajstić information content (AvgIpc) is 2.40. The van der Waals surface area contributed by atoms with E-state index in [-0.39, 0.29) is 18.0 Å². The Morgan fingerprint density at radius 2 is 1.86 bits per heavy atom. The molecular weight excluding hydrogens is 262 g/mol. The molecule has 0 saturated carbocycles. The Hall–Kier alpha value is -1.55. The summed E-state index contributed by atoms with van der Waals surface area (Å²) in [6.07, 6.45) is 2.16. The first-order valence-corrected chi connectivity index (χ1v) is 7.69. The summed E-state index contributed by atoms with van der Waals surface area (Å²) in [5.41, 5.74) is 7.74. The molecule has 118 valence electrons. The quantitative estimate of drug-likeness (QED) is 0.774. The van der Waals surface area contributed by atoms with E-state index in [2.05, 4.69) is 57.3 Å². The normalized spacial score (nSPS) is 11.4. The van der Waals surface area contributed by atoms with Crippen LogP contribution in [0.4, 0.5) is 5.69 Å². The van der Waals surface area contributed by atoms with E-state index in [1.165, 1.54) is 5.56 Å². The highest BCUT2D eigenvalue weighted by atomic mass is 16.1. The Kier molecular flexibility index (Phi) is 6.69. The van der Waals surface area contributed by atoms with E-state index in [1.54, 1.807) is 0 Å². The molecule has 3 N–H and O–H groups in total. The molecule has 0 aliphatic heterocycles. The topological polar surface area (TPSA) is 58.4 Å². The van der Waals surface area contributed by atoms with Gasteiger partial charge in [0.25, 0.3) is 0 Å². The third kappa shape index (κ3) is 7.14. The summed E-state index contributed by atoms with van der Waals surface area (Å²) in [5.74, 6) is -0.287. The Morgan fingerprint density at radius 3 is 2.33 bits per heavy atom. The van der Waals surface area contributed by atoms with Crippen LogP contribution in [0.15, 0.2) is 24.3 Å². The second-order valence-electron chi connectivity index (χ2n) is 6.51. The van der Waals surface area contributed by atoms with Crippen LogP contribution in [0.25, 0.3) is 0 Å². The summed E-state index contributed by atoms with van der Waals surface area (Å²) in [6, 6.07) is 8.35. The third-order valence-corrected chi connectivity index (χ3v) is 3.25. The number of hydrogen-bond donors (Lipinski definition) is 2. The molecule has 0 saturated heterocycles. The lowest BCUT2D eigenvalue weighted by Crippen LogP contribution is -2.35. The highest BCUT2D eigenvalue weighted by Gasteiger charge is 2.10. The zero-order valence-electron chi connectivity index (χ0n) is 13.8. The first kappa shape index (κ1) is 17.5. The van der Waals surface area contributed by atoms with Gasteiger partial charge in [-0.25, -0.2) is 0 Å². The molecule has 1 rings (SSSR count). The molecular formula is C17H29N3O. The van der Waals surface area contributed by atoms with Gasteiger partial charge < -0.3 is 16.0 Å². The van der Waals surface area contributed by atoms with Crippen LogP contribution >= 0.6 is 0 Å². The summed E-state index contributed by atoms with van der Waals surface area (Å²) in [6.45, 7) is 10.6. The lowest BCUT2D eigenvalue weighted by Gasteiger charge is -2.24. The van der Waals surface area contributed by atoms with Gasteiger partial charge in [-0.05, 0) is 44.9 Å². The van der Waals surface area contributed by atoms with Crippen LogP contribution in [0.3, 0.4) is 0 Å². The highest BCUT2D eigenvalue weighted by Crippen LogP contribution is 2.16. The van der Waals surface area contributed by atoms with Crippen molar-refractivity contribution in [3.05, 3.63) is 29.8 Å². The second kappa shape index (κ2) is 8.03. The van der Waals surface area contributed by atoms with Crippen molar-refractivity contribution < 1.29 is 4.79 Å². The Morgan fingerprint density at radius 1 is 1.24 bits per heavy atom. The average molecular weight is 291 g/mol. The number of carbonyl (C=O) groups is 1. The molecule has 0 heterocycles. The smallest absolute Gasteiger partial charge is 0.236 e. The number of hydrogen-bond acceptors (Lipinski definition) is 3. The zero-order chi connectivity index (χ0) is 15.9. The fourth-order valence-electron chi connectivity index (χ4n) is 2.03. The molecule has 0 fully saturated rings. The number of nitrogens with zero attached hydrogens (tertiary/aromatic N) is 1. The van der Waals surface area contributed by atoms with E-state index < -0.39 is 0 Å². The first-order chi connectivity index (χ1) is 9.81. The molecule has 0 aliphatic rings. The number of rotatable bonds is 8. The lowest BCUT2D eigenvalue weighted by atomic mass is 10.1. The molecule has 0 radical (unpaired) electrons. The van der Waals surface area contributed by atoms with E-state index >= 15 is 0 Å². The third-order valence-electron chi connectivity index (χ3n) is 3.25. The van der Waals surface area contributed by atoms with Crippen LogP contribution in [0.5, 0.6) is 0 Å². The minimum absolute atomic E-state index is 0.109. The SMILES string of the molecule is CCCCN(CC(N)=O)c1ccc(CNC(C)(C)C)cc1. The number of unbranched alkanes of at least 4 members (excludes halogenated alkanes) is 1. The van der Waals surface area contributed by atoms with Gasteiger partial charge >= 0.3 is 0 Å². The van der Waals surface area contributed by atoms with Gasteiger partial charge in [-0.15, -0.1) is 0 Å². The number of nitrogens with one attached hydrogen (secondary N) is 1. The van der Waals surface area contributed by atoms with E-state index in [0.717, 1.165) is 31.6 Å². The molecule has 0 spiro atoms. The minimum atomic E-state index is -0.287. The fraction of sp³-hybridized carbons (Fsp3) is 0.588. The predicted molar refractivity (Wildman–Crippen MR) is 89.4 cm³/mol. The van der Waals surface area contributed by atoms with Crippen molar-refractivity contribution in [3.63, 3.8) is 0 Å². The number of amides is 1. The van der Waals surface area contributed by atoms with Crippen molar-refractivity contribution >= 4 is 11.6 Å². The molecule has 4 heteroatoms. The molecule has 4 nitrogen and oxygen atoms in total. The molecule has 0 aromatic heterocycles. The van der Waals surface area contributed by atoms with Crippen molar-refractivity contribution in [3.8, 4) is 0 Å². The summed E-state index contributed by atoms with van der Waals surface area (Å²) >= 11 is 0. The summed E-state index contributed by atoms with van der Waals surface area (Å²) < 4.78 is 0. The summed E-state index contributed by atoms with van der Waals surface area (Å²) in [7, 11) is 0. The van der Waals surface area contributed by atoms with Crippen LogP contribution in [-0.2, 0) is 11.3 Å². The van der Waals surface area contributed by atoms with Gasteiger partial charge in [-0.3, -0.25) is 4.79 Å². The Balaban J connectivity index is 2.70. The fourth-order valence-corrected chi connectivity index (χ4v) is 2.03. The van der Waals surface area contributed by atoms with Crippen molar-refractivity contribution in [2.45, 2.75) is 52.6 Å². The molecule has 0 atom stereocenters. The minimum Gasteiger partial charge on any atom is -0.368 e. The maximum Gasteiger partial charge on any atom is 0.236 e. The Labute approximate surface area is 128 Å². The van der Waals surface area contributed by atoms with Gasteiger partial charge in [0.2, 0.25) is 5.91 Å². The van der Waals surface area contributed by atoms with Gasteiger partial charge in [0.15, 0.2) is 0 Å². The van der Waals surface area contributed by atoms with Crippen LogP contribution in [0.2, 0.25) is 0 Å². The van der Waals surface area contributed by atoms with Gasteiger partial charge in [0, 0.05) is 24.3 Å². The standard InChI is InChI=1S/C17H29N3O/c1-5-6-11-20(13-16(18)21)15-9-7-14(8-10-15)12-19-17(2,3)4/h7-10,19H,5-6,11-13H2,1-4H3,(H2,18,21).